The zero-order chi connectivity index (χ0) is 23.4. The molecule has 1 N–H and O–H groups in total. The lowest BCUT2D eigenvalue weighted by Gasteiger charge is -2.30. The highest BCUT2D eigenvalue weighted by Crippen LogP contribution is 2.32. The topological polar surface area (TPSA) is 84.4 Å². The monoisotopic (exact) mass is 458 g/mol. The molecular weight excluding hydrogens is 436 g/mol. The predicted molar refractivity (Wildman–Crippen MR) is 131 cm³/mol. The third-order valence-corrected chi connectivity index (χ3v) is 5.99. The van der Waals surface area contributed by atoms with Crippen LogP contribution in [0, 0.1) is 6.92 Å². The maximum atomic E-state index is 13.7. The van der Waals surface area contributed by atoms with E-state index in [-0.39, 0.29) is 5.91 Å². The second kappa shape index (κ2) is 9.62. The fraction of sp³-hybridized carbons (Fsp3) is 0.120. The van der Waals surface area contributed by atoms with E-state index in [4.69, 9.17) is 4.74 Å². The average molecular weight is 459 g/mol. The highest BCUT2D eigenvalue weighted by atomic mass is 32.1. The summed E-state index contributed by atoms with van der Waals surface area (Å²) >= 11 is 1.46. The summed E-state index contributed by atoms with van der Waals surface area (Å²) in [7, 11) is 1.59. The Morgan fingerprint density at radius 3 is 2.76 bits per heavy atom. The lowest BCUT2D eigenvalue weighted by Crippen LogP contribution is -2.41. The van der Waals surface area contributed by atoms with Gasteiger partial charge in [0.1, 0.15) is 11.8 Å². The van der Waals surface area contributed by atoms with Crippen LogP contribution in [-0.4, -0.2) is 28.9 Å². The van der Waals surface area contributed by atoms with Crippen LogP contribution in [0.2, 0.25) is 0 Å². The number of anilines is 2. The molecule has 0 saturated heterocycles. The number of carbonyl (C=O) groups is 2. The maximum absolute atomic E-state index is 13.7. The molecule has 2 aromatic carbocycles. The number of aromatic nitrogens is 2. The van der Waals surface area contributed by atoms with Crippen LogP contribution in [0.25, 0.3) is 10.2 Å². The largest absolute Gasteiger partial charge is 0.497 e. The van der Waals surface area contributed by atoms with Gasteiger partial charge >= 0.3 is 0 Å². The van der Waals surface area contributed by atoms with Crippen molar-refractivity contribution >= 4 is 44.7 Å². The minimum atomic E-state index is -0.976. The van der Waals surface area contributed by atoms with E-state index in [1.165, 1.54) is 22.3 Å². The molecule has 1 atom stereocenters. The number of fused-ring (bicyclic) bond motifs is 1. The number of nitrogens with one attached hydrogen (secondary N) is 1. The Bertz CT molecular complexity index is 1320. The van der Waals surface area contributed by atoms with Gasteiger partial charge in [-0.2, -0.15) is 0 Å². The Morgan fingerprint density at radius 2 is 2.06 bits per heavy atom. The summed E-state index contributed by atoms with van der Waals surface area (Å²) in [5.74, 6) is -0.0965. The Hall–Kier alpha value is -4.04. The first-order valence-corrected chi connectivity index (χ1v) is 11.0. The summed E-state index contributed by atoms with van der Waals surface area (Å²) in [4.78, 5) is 36.6. The van der Waals surface area contributed by atoms with Gasteiger partial charge in [-0.25, -0.2) is 4.98 Å². The molecule has 8 heteroatoms. The second-order valence-electron chi connectivity index (χ2n) is 7.28. The number of benzene rings is 2. The Labute approximate surface area is 195 Å². The third kappa shape index (κ3) is 4.61. The van der Waals surface area contributed by atoms with Crippen molar-refractivity contribution in [2.45, 2.75) is 13.0 Å². The van der Waals surface area contributed by atoms with Gasteiger partial charge in [0.2, 0.25) is 0 Å². The summed E-state index contributed by atoms with van der Waals surface area (Å²) in [6.07, 6.45) is 4.40. The molecule has 2 heterocycles. The summed E-state index contributed by atoms with van der Waals surface area (Å²) in [5, 5.41) is 2.96. The van der Waals surface area contributed by atoms with E-state index >= 15 is 0 Å². The molecule has 0 fully saturated rings. The van der Waals surface area contributed by atoms with E-state index in [9.17, 15) is 9.59 Å². The molecule has 0 aliphatic rings. The van der Waals surface area contributed by atoms with Gasteiger partial charge in [0.05, 0.1) is 22.8 Å². The van der Waals surface area contributed by atoms with Crippen molar-refractivity contribution in [1.29, 1.82) is 0 Å². The maximum Gasteiger partial charge on any atom is 0.252 e. The molecule has 0 spiro atoms. The molecule has 0 aliphatic heterocycles. The van der Waals surface area contributed by atoms with Crippen LogP contribution in [0.5, 0.6) is 5.75 Å². The fourth-order valence-corrected chi connectivity index (χ4v) is 4.27. The molecule has 4 aromatic rings. The first kappa shape index (κ1) is 22.2. The van der Waals surface area contributed by atoms with E-state index in [1.54, 1.807) is 55.3 Å². The molecule has 4 rings (SSSR count). The highest BCUT2D eigenvalue weighted by molar-refractivity contribution is 7.16. The number of rotatable bonds is 7. The second-order valence-corrected chi connectivity index (χ2v) is 8.16. The minimum Gasteiger partial charge on any atom is -0.497 e. The standard InChI is InChI=1S/C25H22N4O3S/c1-4-23(30)29(18-7-9-21-22(13-18)33-15-27-21)24(17-6-5-11-26-14-17)25(31)28-20-10-8-19(32-3)12-16(20)2/h4-15,24H,1H2,2-3H3,(H,28,31). The fourth-order valence-electron chi connectivity index (χ4n) is 3.56. The zero-order valence-corrected chi connectivity index (χ0v) is 19.0. The van der Waals surface area contributed by atoms with Gasteiger partial charge in [-0.05, 0) is 61.0 Å². The quantitative estimate of drug-likeness (QED) is 0.398. The Balaban J connectivity index is 1.79. The van der Waals surface area contributed by atoms with E-state index in [1.807, 2.05) is 25.1 Å². The molecule has 7 nitrogen and oxygen atoms in total. The van der Waals surface area contributed by atoms with Gasteiger partial charge in [-0.3, -0.25) is 19.5 Å². The normalized spacial score (nSPS) is 11.6. The van der Waals surface area contributed by atoms with Crippen molar-refractivity contribution in [2.75, 3.05) is 17.3 Å². The van der Waals surface area contributed by atoms with Crippen LogP contribution < -0.4 is 15.0 Å². The van der Waals surface area contributed by atoms with Crippen LogP contribution in [-0.2, 0) is 9.59 Å². The molecule has 0 radical (unpaired) electrons. The first-order valence-electron chi connectivity index (χ1n) is 10.2. The van der Waals surface area contributed by atoms with Crippen molar-refractivity contribution in [1.82, 2.24) is 9.97 Å². The van der Waals surface area contributed by atoms with E-state index < -0.39 is 11.9 Å². The van der Waals surface area contributed by atoms with Crippen LogP contribution >= 0.6 is 11.3 Å². The summed E-state index contributed by atoms with van der Waals surface area (Å²) < 4.78 is 6.16. The van der Waals surface area contributed by atoms with Crippen molar-refractivity contribution in [3.63, 3.8) is 0 Å². The summed E-state index contributed by atoms with van der Waals surface area (Å²) in [5.41, 5.74) is 5.16. The minimum absolute atomic E-state index is 0.379. The average Bonchev–Trinajstić information content (AvgIpc) is 3.31. The lowest BCUT2D eigenvalue weighted by atomic mass is 10.0. The molecule has 33 heavy (non-hydrogen) atoms. The number of hydrogen-bond donors (Lipinski definition) is 1. The van der Waals surface area contributed by atoms with Crippen LogP contribution in [0.15, 0.2) is 79.1 Å². The van der Waals surface area contributed by atoms with E-state index in [2.05, 4.69) is 21.9 Å². The summed E-state index contributed by atoms with van der Waals surface area (Å²) in [6, 6.07) is 13.4. The molecule has 0 aliphatic carbocycles. The van der Waals surface area contributed by atoms with Gasteiger partial charge < -0.3 is 10.1 Å². The van der Waals surface area contributed by atoms with Crippen molar-refractivity contribution in [3.05, 3.63) is 90.2 Å². The number of pyridine rings is 1. The smallest absolute Gasteiger partial charge is 0.252 e. The van der Waals surface area contributed by atoms with Gasteiger partial charge in [0.25, 0.3) is 11.8 Å². The Morgan fingerprint density at radius 1 is 1.21 bits per heavy atom. The lowest BCUT2D eigenvalue weighted by molar-refractivity contribution is -0.121. The van der Waals surface area contributed by atoms with Gasteiger partial charge in [-0.1, -0.05) is 12.6 Å². The first-order chi connectivity index (χ1) is 16.0. The number of carbonyl (C=O) groups excluding carboxylic acids is 2. The predicted octanol–water partition coefficient (Wildman–Crippen LogP) is 4.91. The number of nitrogens with zero attached hydrogens (tertiary/aromatic N) is 3. The number of ether oxygens (including phenoxy) is 1. The Kier molecular flexibility index (Phi) is 6.46. The molecule has 2 aromatic heterocycles. The molecule has 166 valence electrons. The van der Waals surface area contributed by atoms with Gasteiger partial charge in [0, 0.05) is 29.3 Å². The molecule has 0 saturated carbocycles. The molecule has 2 amide bonds. The third-order valence-electron chi connectivity index (χ3n) is 5.20. The zero-order valence-electron chi connectivity index (χ0n) is 18.2. The SMILES string of the molecule is C=CC(=O)N(c1ccc2ncsc2c1)C(C(=O)Nc1ccc(OC)cc1C)c1cccnc1. The number of thiazole rings is 1. The molecule has 1 unspecified atom stereocenters. The van der Waals surface area contributed by atoms with Crippen LogP contribution in [0.3, 0.4) is 0 Å². The molecular formula is C25H22N4O3S. The van der Waals surface area contributed by atoms with Crippen LogP contribution in [0.4, 0.5) is 11.4 Å². The van der Waals surface area contributed by atoms with Crippen LogP contribution in [0.1, 0.15) is 17.2 Å². The molecule has 0 bridgehead atoms. The summed E-state index contributed by atoms with van der Waals surface area (Å²) in [6.45, 7) is 5.53. The van der Waals surface area contributed by atoms with E-state index in [0.717, 1.165) is 15.8 Å². The van der Waals surface area contributed by atoms with E-state index in [0.29, 0.717) is 22.7 Å². The van der Waals surface area contributed by atoms with Crippen molar-refractivity contribution in [2.24, 2.45) is 0 Å². The van der Waals surface area contributed by atoms with Crippen molar-refractivity contribution < 1.29 is 14.3 Å². The van der Waals surface area contributed by atoms with Gasteiger partial charge in [0.15, 0.2) is 0 Å². The van der Waals surface area contributed by atoms with Gasteiger partial charge in [-0.15, -0.1) is 11.3 Å². The number of amides is 2. The number of methoxy groups -OCH3 is 1. The van der Waals surface area contributed by atoms with Crippen molar-refractivity contribution in [3.8, 4) is 5.75 Å². The number of aryl methyl sites for hydroxylation is 1. The number of hydrogen-bond acceptors (Lipinski definition) is 6. The highest BCUT2D eigenvalue weighted by Gasteiger charge is 2.32.